The van der Waals surface area contributed by atoms with Gasteiger partial charge in [0, 0.05) is 36.7 Å². The molecule has 8 nitrogen and oxygen atoms in total. The molecule has 1 aliphatic heterocycles. The number of nitrogens with zero attached hydrogens (tertiary/aromatic N) is 1. The zero-order chi connectivity index (χ0) is 21.7. The summed E-state index contributed by atoms with van der Waals surface area (Å²) in [7, 11) is 1.52. The molecule has 0 radical (unpaired) electrons. The van der Waals surface area contributed by atoms with Crippen LogP contribution in [0.15, 0.2) is 12.1 Å². The van der Waals surface area contributed by atoms with E-state index in [1.54, 1.807) is 20.3 Å². The first-order valence-corrected chi connectivity index (χ1v) is 12.1. The molecule has 30 heavy (non-hydrogen) atoms. The number of likely N-dealkylation sites (tertiary alicyclic amines) is 1. The number of rotatable bonds is 6. The van der Waals surface area contributed by atoms with Crippen molar-refractivity contribution in [1.29, 1.82) is 0 Å². The summed E-state index contributed by atoms with van der Waals surface area (Å²) in [6.45, 7) is 1.11. The van der Waals surface area contributed by atoms with Gasteiger partial charge in [0.2, 0.25) is 0 Å². The molecule has 3 N–H and O–H groups in total. The minimum Gasteiger partial charge on any atom is -0.504 e. The molecular weight excluding hydrogens is 408 g/mol. The molecule has 2 aliphatic carbocycles. The van der Waals surface area contributed by atoms with E-state index in [1.165, 1.54) is 5.56 Å². The minimum absolute atomic E-state index is 0.0806. The van der Waals surface area contributed by atoms with Crippen molar-refractivity contribution < 1.29 is 27.6 Å². The van der Waals surface area contributed by atoms with Crippen LogP contribution in [0.4, 0.5) is 0 Å². The van der Waals surface area contributed by atoms with Crippen LogP contribution < -0.4 is 10.1 Å². The quantitative estimate of drug-likeness (QED) is 0.569. The number of likely N-dealkylation sites (N-methyl/N-ethyl adjacent to an activating group) is 1. The molecule has 4 rings (SSSR count). The summed E-state index contributed by atoms with van der Waals surface area (Å²) >= 11 is 0. The van der Waals surface area contributed by atoms with Crippen LogP contribution in [0.2, 0.25) is 0 Å². The molecule has 1 saturated carbocycles. The van der Waals surface area contributed by atoms with Gasteiger partial charge >= 0.3 is 0 Å². The van der Waals surface area contributed by atoms with Crippen molar-refractivity contribution in [2.75, 3.05) is 40.1 Å². The maximum Gasteiger partial charge on any atom is 0.266 e. The van der Waals surface area contributed by atoms with Crippen LogP contribution in [0.3, 0.4) is 0 Å². The smallest absolute Gasteiger partial charge is 0.266 e. The lowest BCUT2D eigenvalue weighted by atomic mass is 9.48. The predicted molar refractivity (Wildman–Crippen MR) is 113 cm³/mol. The Hall–Kier alpha value is -1.39. The maximum atomic E-state index is 11.1. The van der Waals surface area contributed by atoms with Gasteiger partial charge in [-0.05, 0) is 57.3 Å². The first-order chi connectivity index (χ1) is 14.2. The Morgan fingerprint density at radius 3 is 2.73 bits per heavy atom. The van der Waals surface area contributed by atoms with Crippen molar-refractivity contribution in [3.63, 3.8) is 0 Å². The Kier molecular flexibility index (Phi) is 5.55. The fraction of sp³-hybridized carbons (Fsp3) is 0.714. The van der Waals surface area contributed by atoms with Gasteiger partial charge in [-0.2, -0.15) is 8.42 Å². The van der Waals surface area contributed by atoms with Gasteiger partial charge in [0.05, 0.1) is 18.5 Å². The summed E-state index contributed by atoms with van der Waals surface area (Å²) < 4.78 is 43.4. The fourth-order valence-corrected chi connectivity index (χ4v) is 6.86. The largest absolute Gasteiger partial charge is 0.504 e. The van der Waals surface area contributed by atoms with E-state index in [1.807, 2.05) is 6.07 Å². The van der Waals surface area contributed by atoms with E-state index in [9.17, 15) is 13.5 Å². The Bertz CT molecular complexity index is 922. The van der Waals surface area contributed by atoms with Crippen molar-refractivity contribution in [2.24, 2.45) is 0 Å². The number of methoxy groups -OCH3 is 2. The van der Waals surface area contributed by atoms with E-state index < -0.39 is 15.7 Å². The van der Waals surface area contributed by atoms with E-state index >= 15 is 0 Å². The molecule has 1 heterocycles. The lowest BCUT2D eigenvalue weighted by Gasteiger charge is -2.66. The third-order valence-corrected chi connectivity index (χ3v) is 8.43. The second-order valence-electron chi connectivity index (χ2n) is 8.96. The molecule has 1 aromatic carbocycles. The van der Waals surface area contributed by atoms with E-state index in [0.717, 1.165) is 44.2 Å². The molecule has 4 atom stereocenters. The van der Waals surface area contributed by atoms with Gasteiger partial charge in [-0.25, -0.2) is 0 Å². The number of hydrogen-bond acceptors (Lipinski definition) is 7. The SMILES string of the molecule is COc1c(O)ccc2c1[C@]13CCN(C)C(C2)[C@]1(OC)CCC(NCCS(=O)(=O)O)C3. The molecule has 2 fully saturated rings. The topological polar surface area (TPSA) is 108 Å². The number of phenols is 1. The Balaban J connectivity index is 1.79. The highest BCUT2D eigenvalue weighted by Gasteiger charge is 2.66. The minimum atomic E-state index is -4.00. The van der Waals surface area contributed by atoms with E-state index in [4.69, 9.17) is 14.0 Å². The summed E-state index contributed by atoms with van der Waals surface area (Å²) in [4.78, 5) is 2.39. The molecule has 1 saturated heterocycles. The number of phenolic OH excluding ortho intramolecular Hbond substituents is 1. The van der Waals surface area contributed by atoms with Crippen LogP contribution in [-0.2, 0) is 26.7 Å². The number of benzene rings is 1. The standard InChI is InChI=1S/C21H32N2O6S/c1-23-10-8-20-13-15(22-9-11-30(25,26)27)6-7-21(20,29-3)17(23)12-14-4-5-16(24)19(28-2)18(14)20/h4-5,15,17,22,24H,6-13H2,1-3H3,(H,25,26,27)/t15?,17?,20-,21-/m1/s1. The number of hydrogen-bond donors (Lipinski definition) is 3. The molecule has 2 bridgehead atoms. The van der Waals surface area contributed by atoms with Crippen molar-refractivity contribution in [3.8, 4) is 11.5 Å². The molecular formula is C21H32N2O6S. The summed E-state index contributed by atoms with van der Waals surface area (Å²) in [6.07, 6.45) is 4.11. The van der Waals surface area contributed by atoms with E-state index in [0.29, 0.717) is 5.75 Å². The number of ether oxygens (including phenoxy) is 2. The molecule has 0 amide bonds. The molecule has 0 spiro atoms. The van der Waals surface area contributed by atoms with Crippen LogP contribution in [0.5, 0.6) is 11.5 Å². The van der Waals surface area contributed by atoms with Gasteiger partial charge in [0.1, 0.15) is 0 Å². The van der Waals surface area contributed by atoms with Crippen molar-refractivity contribution in [1.82, 2.24) is 10.2 Å². The number of fused-ring (bicyclic) bond motifs is 1. The number of aromatic hydroxyl groups is 1. The van der Waals surface area contributed by atoms with E-state index in [-0.39, 0.29) is 35.5 Å². The van der Waals surface area contributed by atoms with Crippen molar-refractivity contribution in [2.45, 2.75) is 55.2 Å². The molecule has 0 aromatic heterocycles. The molecule has 9 heteroatoms. The Labute approximate surface area is 178 Å². The summed E-state index contributed by atoms with van der Waals surface area (Å²) in [5, 5.41) is 13.9. The summed E-state index contributed by atoms with van der Waals surface area (Å²) in [5.41, 5.74) is 1.45. The Morgan fingerprint density at radius 2 is 2.07 bits per heavy atom. The van der Waals surface area contributed by atoms with Gasteiger partial charge in [-0.1, -0.05) is 6.07 Å². The number of nitrogens with one attached hydrogen (secondary N) is 1. The van der Waals surface area contributed by atoms with Crippen molar-refractivity contribution in [3.05, 3.63) is 23.3 Å². The fourth-order valence-electron chi connectivity index (χ4n) is 6.48. The van der Waals surface area contributed by atoms with Crippen LogP contribution in [0.25, 0.3) is 0 Å². The highest BCUT2D eigenvalue weighted by atomic mass is 32.2. The second-order valence-corrected chi connectivity index (χ2v) is 10.5. The molecule has 2 unspecified atom stereocenters. The predicted octanol–water partition coefficient (Wildman–Crippen LogP) is 1.31. The van der Waals surface area contributed by atoms with Crippen LogP contribution in [0.1, 0.15) is 36.8 Å². The lowest BCUT2D eigenvalue weighted by Crippen LogP contribution is -2.74. The van der Waals surface area contributed by atoms with Gasteiger partial charge in [-0.15, -0.1) is 0 Å². The molecule has 3 aliphatic rings. The number of piperidine rings is 1. The average molecular weight is 441 g/mol. The average Bonchev–Trinajstić information content (AvgIpc) is 2.69. The second kappa shape index (κ2) is 7.63. The van der Waals surface area contributed by atoms with Gasteiger partial charge in [-0.3, -0.25) is 4.55 Å². The molecule has 1 aromatic rings. The first kappa shape index (κ1) is 21.8. The summed E-state index contributed by atoms with van der Waals surface area (Å²) in [6, 6.07) is 4.00. The van der Waals surface area contributed by atoms with Gasteiger partial charge in [0.15, 0.2) is 11.5 Å². The maximum absolute atomic E-state index is 11.1. The van der Waals surface area contributed by atoms with E-state index in [2.05, 4.69) is 17.3 Å². The highest BCUT2D eigenvalue weighted by Crippen LogP contribution is 2.62. The zero-order valence-corrected chi connectivity index (χ0v) is 18.7. The lowest BCUT2D eigenvalue weighted by molar-refractivity contribution is -0.184. The van der Waals surface area contributed by atoms with Crippen LogP contribution in [0, 0.1) is 0 Å². The van der Waals surface area contributed by atoms with Crippen LogP contribution >= 0.6 is 0 Å². The third kappa shape index (κ3) is 3.22. The monoisotopic (exact) mass is 440 g/mol. The van der Waals surface area contributed by atoms with Crippen LogP contribution in [-0.4, -0.2) is 80.8 Å². The first-order valence-electron chi connectivity index (χ1n) is 10.5. The molecule has 168 valence electrons. The zero-order valence-electron chi connectivity index (χ0n) is 17.8. The van der Waals surface area contributed by atoms with Crippen molar-refractivity contribution >= 4 is 10.1 Å². The van der Waals surface area contributed by atoms with Gasteiger partial charge in [0.25, 0.3) is 10.1 Å². The summed E-state index contributed by atoms with van der Waals surface area (Å²) in [5.74, 6) is 0.350. The third-order valence-electron chi connectivity index (χ3n) is 7.71. The Morgan fingerprint density at radius 1 is 1.30 bits per heavy atom. The normalized spacial score (nSPS) is 33.6. The highest BCUT2D eigenvalue weighted by molar-refractivity contribution is 7.85. The van der Waals surface area contributed by atoms with Gasteiger partial charge < -0.3 is 24.8 Å².